The molecule has 0 spiro atoms. The number of carbonyl (C=O) groups is 2. The lowest BCUT2D eigenvalue weighted by molar-refractivity contribution is -0.135. The van der Waals surface area contributed by atoms with Crippen molar-refractivity contribution in [1.29, 1.82) is 0 Å². The number of fused-ring (bicyclic) bond motifs is 1. The number of nitrogens with zero attached hydrogens (tertiary/aromatic N) is 2. The first kappa shape index (κ1) is 22.1. The lowest BCUT2D eigenvalue weighted by Crippen LogP contribution is -2.44. The van der Waals surface area contributed by atoms with Crippen LogP contribution in [0.4, 0.5) is 0 Å². The van der Waals surface area contributed by atoms with E-state index in [0.29, 0.717) is 31.7 Å². The van der Waals surface area contributed by atoms with Crippen LogP contribution in [-0.2, 0) is 27.8 Å². The van der Waals surface area contributed by atoms with Gasteiger partial charge in [-0.3, -0.25) is 24.0 Å². The Labute approximate surface area is 169 Å². The maximum Gasteiger partial charge on any atom is 0.329 e. The van der Waals surface area contributed by atoms with Crippen LogP contribution in [0.5, 0.6) is 0 Å². The van der Waals surface area contributed by atoms with Gasteiger partial charge in [0.05, 0.1) is 11.0 Å². The number of nitrogens with two attached hydrogens (primary N) is 1. The van der Waals surface area contributed by atoms with E-state index in [-0.39, 0.29) is 30.4 Å². The van der Waals surface area contributed by atoms with Crippen LogP contribution in [0.1, 0.15) is 37.3 Å². The van der Waals surface area contributed by atoms with Crippen LogP contribution in [0.15, 0.2) is 23.0 Å². The molecule has 2 amide bonds. The highest BCUT2D eigenvalue weighted by atomic mass is 35.5. The Morgan fingerprint density at radius 1 is 1.18 bits per heavy atom. The summed E-state index contributed by atoms with van der Waals surface area (Å²) < 4.78 is 8.57. The van der Waals surface area contributed by atoms with Crippen LogP contribution < -0.4 is 16.7 Å². The average molecular weight is 411 g/mol. The molecular formula is C19H27ClN4O4. The molecule has 1 aliphatic heterocycles. The Bertz CT molecular complexity index is 905. The van der Waals surface area contributed by atoms with Crippen molar-refractivity contribution in [3.8, 4) is 0 Å². The number of halogens is 1. The molecule has 1 aromatic heterocycles. The number of aryl methyl sites for hydroxylation is 2. The van der Waals surface area contributed by atoms with Gasteiger partial charge in [0.2, 0.25) is 11.8 Å². The predicted octanol–water partition coefficient (Wildman–Crippen LogP) is 1.04. The minimum atomic E-state index is -0.652. The summed E-state index contributed by atoms with van der Waals surface area (Å²) in [5, 5.41) is 2.32. The summed E-state index contributed by atoms with van der Waals surface area (Å²) >= 11 is 0. The summed E-state index contributed by atoms with van der Waals surface area (Å²) in [6.45, 7) is 1.99. The molecule has 9 heteroatoms. The first-order valence-electron chi connectivity index (χ1n) is 9.34. The third kappa shape index (κ3) is 4.63. The fraction of sp³-hybridized carbons (Fsp3) is 0.526. The highest BCUT2D eigenvalue weighted by molar-refractivity contribution is 6.00. The van der Waals surface area contributed by atoms with Crippen molar-refractivity contribution in [3.05, 3.63) is 34.2 Å². The van der Waals surface area contributed by atoms with E-state index in [1.165, 1.54) is 4.57 Å². The lowest BCUT2D eigenvalue weighted by atomic mass is 10.1. The highest BCUT2D eigenvalue weighted by Gasteiger charge is 2.31. The van der Waals surface area contributed by atoms with Crippen molar-refractivity contribution in [2.24, 2.45) is 12.8 Å². The average Bonchev–Trinajstić information content (AvgIpc) is 2.89. The van der Waals surface area contributed by atoms with Crippen molar-refractivity contribution in [2.75, 3.05) is 19.8 Å². The van der Waals surface area contributed by atoms with Crippen LogP contribution in [0.3, 0.4) is 0 Å². The Morgan fingerprint density at radius 3 is 2.64 bits per heavy atom. The summed E-state index contributed by atoms with van der Waals surface area (Å²) in [6.07, 6.45) is 3.17. The quantitative estimate of drug-likeness (QED) is 0.499. The van der Waals surface area contributed by atoms with E-state index < -0.39 is 11.9 Å². The van der Waals surface area contributed by atoms with Gasteiger partial charge < -0.3 is 10.5 Å². The molecule has 2 aromatic rings. The number of aromatic nitrogens is 2. The van der Waals surface area contributed by atoms with Gasteiger partial charge in [0, 0.05) is 26.7 Å². The minimum Gasteiger partial charge on any atom is -0.381 e. The number of ether oxygens (including phenoxy) is 1. The van der Waals surface area contributed by atoms with Crippen molar-refractivity contribution in [3.63, 3.8) is 0 Å². The normalized spacial score (nSPS) is 16.9. The first-order valence-corrected chi connectivity index (χ1v) is 9.34. The van der Waals surface area contributed by atoms with Crippen molar-refractivity contribution < 1.29 is 14.3 Å². The van der Waals surface area contributed by atoms with Gasteiger partial charge in [-0.2, -0.15) is 0 Å². The van der Waals surface area contributed by atoms with E-state index >= 15 is 0 Å². The van der Waals surface area contributed by atoms with Gasteiger partial charge in [-0.1, -0.05) is 6.07 Å². The highest BCUT2D eigenvalue weighted by Crippen LogP contribution is 2.24. The first-order chi connectivity index (χ1) is 13.0. The number of carbonyl (C=O) groups excluding carboxylic acids is 2. The molecule has 2 heterocycles. The number of hydrogen-bond donors (Lipinski definition) is 2. The van der Waals surface area contributed by atoms with Gasteiger partial charge in [-0.05, 0) is 49.9 Å². The molecule has 0 saturated carbocycles. The number of rotatable bonds is 8. The molecular weight excluding hydrogens is 384 g/mol. The molecule has 3 rings (SSSR count). The SMILES string of the molecule is Cl.Cn1c(=O)n(C2CCC(=O)NC2=O)c2ccc(CCCOCCCN)cc21. The fourth-order valence-electron chi connectivity index (χ4n) is 3.46. The second kappa shape index (κ2) is 9.86. The summed E-state index contributed by atoms with van der Waals surface area (Å²) in [7, 11) is 1.70. The monoisotopic (exact) mass is 410 g/mol. The largest absolute Gasteiger partial charge is 0.381 e. The van der Waals surface area contributed by atoms with Gasteiger partial charge in [-0.15, -0.1) is 12.4 Å². The number of hydrogen-bond acceptors (Lipinski definition) is 5. The number of piperidine rings is 1. The molecule has 0 aliphatic carbocycles. The molecule has 1 saturated heterocycles. The van der Waals surface area contributed by atoms with Crippen LogP contribution in [0.2, 0.25) is 0 Å². The lowest BCUT2D eigenvalue weighted by Gasteiger charge is -2.21. The molecule has 0 bridgehead atoms. The summed E-state index contributed by atoms with van der Waals surface area (Å²) in [4.78, 5) is 36.3. The Morgan fingerprint density at radius 2 is 1.93 bits per heavy atom. The smallest absolute Gasteiger partial charge is 0.329 e. The van der Waals surface area contributed by atoms with Crippen LogP contribution in [-0.4, -0.2) is 40.7 Å². The third-order valence-electron chi connectivity index (χ3n) is 4.92. The van der Waals surface area contributed by atoms with E-state index in [1.807, 2.05) is 18.2 Å². The Kier molecular flexibility index (Phi) is 7.79. The molecule has 1 unspecified atom stereocenters. The second-order valence-electron chi connectivity index (χ2n) is 6.86. The molecule has 28 heavy (non-hydrogen) atoms. The molecule has 1 fully saturated rings. The van der Waals surface area contributed by atoms with Crippen molar-refractivity contribution >= 4 is 35.3 Å². The van der Waals surface area contributed by atoms with Crippen molar-refractivity contribution in [2.45, 2.75) is 38.1 Å². The standard InChI is InChI=1S/C19H26N4O4.ClH/c1-22-16-12-13(4-2-10-27-11-3-9-20)5-6-14(16)23(19(22)26)15-7-8-17(24)21-18(15)25;/h5-6,12,15H,2-4,7-11,20H2,1H3,(H,21,24,25);1H. The summed E-state index contributed by atoms with van der Waals surface area (Å²) in [5.74, 6) is -0.708. The summed E-state index contributed by atoms with van der Waals surface area (Å²) in [5.41, 5.74) is 7.79. The zero-order valence-electron chi connectivity index (χ0n) is 16.0. The van der Waals surface area contributed by atoms with Crippen LogP contribution in [0, 0.1) is 0 Å². The van der Waals surface area contributed by atoms with Crippen molar-refractivity contribution in [1.82, 2.24) is 14.5 Å². The van der Waals surface area contributed by atoms with Gasteiger partial charge >= 0.3 is 5.69 Å². The van der Waals surface area contributed by atoms with E-state index in [0.717, 1.165) is 30.3 Å². The van der Waals surface area contributed by atoms with E-state index in [9.17, 15) is 14.4 Å². The number of amides is 2. The minimum absolute atomic E-state index is 0. The number of imide groups is 1. The van der Waals surface area contributed by atoms with E-state index in [4.69, 9.17) is 10.5 Å². The number of nitrogens with one attached hydrogen (secondary N) is 1. The zero-order valence-corrected chi connectivity index (χ0v) is 16.8. The van der Waals surface area contributed by atoms with Gasteiger partial charge in [0.25, 0.3) is 0 Å². The predicted molar refractivity (Wildman–Crippen MR) is 109 cm³/mol. The van der Waals surface area contributed by atoms with Gasteiger partial charge in [0.15, 0.2) is 0 Å². The molecule has 1 atom stereocenters. The topological polar surface area (TPSA) is 108 Å². The van der Waals surface area contributed by atoms with Gasteiger partial charge in [-0.25, -0.2) is 4.79 Å². The molecule has 0 radical (unpaired) electrons. The van der Waals surface area contributed by atoms with E-state index in [1.54, 1.807) is 11.6 Å². The maximum atomic E-state index is 12.7. The molecule has 8 nitrogen and oxygen atoms in total. The van der Waals surface area contributed by atoms with E-state index in [2.05, 4.69) is 5.32 Å². The molecule has 3 N–H and O–H groups in total. The van der Waals surface area contributed by atoms with Crippen LogP contribution >= 0.6 is 12.4 Å². The fourth-order valence-corrected chi connectivity index (χ4v) is 3.46. The second-order valence-corrected chi connectivity index (χ2v) is 6.86. The summed E-state index contributed by atoms with van der Waals surface area (Å²) in [6, 6.07) is 5.19. The maximum absolute atomic E-state index is 12.7. The van der Waals surface area contributed by atoms with Gasteiger partial charge in [0.1, 0.15) is 6.04 Å². The zero-order chi connectivity index (χ0) is 19.4. The Balaban J connectivity index is 0.00000280. The molecule has 154 valence electrons. The molecule has 1 aliphatic rings. The molecule has 1 aromatic carbocycles. The third-order valence-corrected chi connectivity index (χ3v) is 4.92. The number of imidazole rings is 1. The van der Waals surface area contributed by atoms with Crippen LogP contribution in [0.25, 0.3) is 11.0 Å². The number of benzene rings is 1. The Hall–Kier alpha value is -2.16.